The van der Waals surface area contributed by atoms with Crippen molar-refractivity contribution in [2.75, 3.05) is 13.6 Å². The Hall–Kier alpha value is -3.93. The number of carboxylic acid groups (broad SMARTS) is 1. The molecule has 4 aromatic rings. The highest BCUT2D eigenvalue weighted by Crippen LogP contribution is 2.43. The Kier molecular flexibility index (Phi) is 6.59. The molecule has 3 aromatic heterocycles. The van der Waals surface area contributed by atoms with Crippen molar-refractivity contribution in [2.45, 2.75) is 37.9 Å². The van der Waals surface area contributed by atoms with Gasteiger partial charge in [0.15, 0.2) is 0 Å². The van der Waals surface area contributed by atoms with Gasteiger partial charge in [0.2, 0.25) is 0 Å². The van der Waals surface area contributed by atoms with E-state index in [1.54, 1.807) is 18.5 Å². The number of likely N-dealkylation sites (N-methyl/N-ethyl adjacent to an activating group) is 1. The summed E-state index contributed by atoms with van der Waals surface area (Å²) >= 11 is 0. The molecule has 0 saturated heterocycles. The first-order chi connectivity index (χ1) is 18.0. The van der Waals surface area contributed by atoms with Gasteiger partial charge in [0.05, 0.1) is 23.3 Å². The number of imidazole rings is 1. The van der Waals surface area contributed by atoms with Gasteiger partial charge in [0, 0.05) is 31.9 Å². The number of aryl methyl sites for hydroxylation is 1. The third-order valence-electron chi connectivity index (χ3n) is 7.14. The van der Waals surface area contributed by atoms with Gasteiger partial charge in [-0.25, -0.2) is 4.79 Å². The Bertz CT molecular complexity index is 1550. The zero-order chi connectivity index (χ0) is 27.2. The minimum Gasteiger partial charge on any atom is -0.480 e. The second kappa shape index (κ2) is 9.75. The third kappa shape index (κ3) is 4.83. The largest absolute Gasteiger partial charge is 0.480 e. The third-order valence-corrected chi connectivity index (χ3v) is 7.14. The number of fused-ring (bicyclic) bond motifs is 1. The first-order valence-electron chi connectivity index (χ1n) is 12.2. The molecule has 1 atom stereocenters. The Balaban J connectivity index is 1.60. The van der Waals surface area contributed by atoms with Crippen LogP contribution in [0.2, 0.25) is 0 Å². The van der Waals surface area contributed by atoms with Crippen molar-refractivity contribution in [1.29, 1.82) is 0 Å². The summed E-state index contributed by atoms with van der Waals surface area (Å²) in [7, 11) is 3.36. The van der Waals surface area contributed by atoms with Gasteiger partial charge in [0.25, 0.3) is 0 Å². The molecule has 1 aromatic carbocycles. The Morgan fingerprint density at radius 2 is 2.00 bits per heavy atom. The van der Waals surface area contributed by atoms with Gasteiger partial charge in [-0.05, 0) is 55.1 Å². The number of halogens is 3. The molecule has 1 aliphatic rings. The molecule has 0 radical (unpaired) electrons. The van der Waals surface area contributed by atoms with E-state index in [2.05, 4.69) is 10.2 Å². The maximum atomic E-state index is 14.0. The summed E-state index contributed by atoms with van der Waals surface area (Å²) in [6, 6.07) is 8.22. The fraction of sp³-hybridized carbons (Fsp3) is 0.385. The van der Waals surface area contributed by atoms with Crippen LogP contribution in [0.25, 0.3) is 11.2 Å². The molecule has 3 heterocycles. The standard InChI is InChI=1S/C26H27F3N6O3/c1-32(14-22(36)37)11-16-9-20(26(27,28)29)21-13-34(25(38)35(21)12-16)19-8-4-7-18(10-19)23(17-5-3-6-17)24-31-30-15-33(24)2/h4,7-10,12-13,15,17,23H,3,5-6,11,14H2,1-2H3,(H,36,37)/t23-/m1/s1. The molecule has 1 saturated carbocycles. The summed E-state index contributed by atoms with van der Waals surface area (Å²) in [5.41, 5.74) is -0.352. The molecule has 9 nitrogen and oxygen atoms in total. The topological polar surface area (TPSA) is 97.7 Å². The van der Waals surface area contributed by atoms with Gasteiger partial charge >= 0.3 is 17.8 Å². The monoisotopic (exact) mass is 528 g/mol. The number of carbonyl (C=O) groups is 1. The molecule has 38 heavy (non-hydrogen) atoms. The summed E-state index contributed by atoms with van der Waals surface area (Å²) < 4.78 is 46.2. The number of aromatic nitrogens is 5. The summed E-state index contributed by atoms with van der Waals surface area (Å²) in [5.74, 6) is 0.0104. The van der Waals surface area contributed by atoms with Crippen molar-refractivity contribution < 1.29 is 23.1 Å². The molecular weight excluding hydrogens is 501 g/mol. The van der Waals surface area contributed by atoms with E-state index < -0.39 is 23.4 Å². The van der Waals surface area contributed by atoms with E-state index in [0.717, 1.165) is 41.1 Å². The summed E-state index contributed by atoms with van der Waals surface area (Å²) in [4.78, 5) is 25.8. The zero-order valence-corrected chi connectivity index (χ0v) is 20.9. The van der Waals surface area contributed by atoms with Crippen molar-refractivity contribution in [1.82, 2.24) is 28.6 Å². The van der Waals surface area contributed by atoms with E-state index in [0.29, 0.717) is 11.6 Å². The lowest BCUT2D eigenvalue weighted by molar-refractivity contribution is -0.138. The molecule has 200 valence electrons. The zero-order valence-electron chi connectivity index (χ0n) is 20.9. The minimum absolute atomic E-state index is 0.0500. The molecule has 1 fully saturated rings. The molecular formula is C26H27F3N6O3. The average molecular weight is 529 g/mol. The Morgan fingerprint density at radius 3 is 2.61 bits per heavy atom. The van der Waals surface area contributed by atoms with Gasteiger partial charge in [-0.15, -0.1) is 10.2 Å². The number of benzene rings is 1. The average Bonchev–Trinajstić information content (AvgIpc) is 3.37. The van der Waals surface area contributed by atoms with Crippen LogP contribution < -0.4 is 5.69 Å². The van der Waals surface area contributed by atoms with Crippen LogP contribution in [0.15, 0.2) is 53.8 Å². The fourth-order valence-corrected chi connectivity index (χ4v) is 5.19. The van der Waals surface area contributed by atoms with Gasteiger partial charge in [-0.2, -0.15) is 13.2 Å². The van der Waals surface area contributed by atoms with Gasteiger partial charge < -0.3 is 9.67 Å². The summed E-state index contributed by atoms with van der Waals surface area (Å²) in [6.07, 6.45) is 2.65. The number of carboxylic acids is 1. The van der Waals surface area contributed by atoms with Crippen LogP contribution in [0.4, 0.5) is 13.2 Å². The number of rotatable bonds is 8. The molecule has 0 unspecified atom stereocenters. The van der Waals surface area contributed by atoms with E-state index in [1.807, 2.05) is 23.7 Å². The SMILES string of the molecule is CN(CC(=O)O)Cc1cc(C(F)(F)F)c2cn(-c3cccc([C@H](c4nncn4C)C4CCC4)c3)c(=O)n2c1. The fourth-order valence-electron chi connectivity index (χ4n) is 5.19. The van der Waals surface area contributed by atoms with Crippen molar-refractivity contribution in [3.8, 4) is 5.69 Å². The highest BCUT2D eigenvalue weighted by atomic mass is 19.4. The van der Waals surface area contributed by atoms with E-state index >= 15 is 0 Å². The van der Waals surface area contributed by atoms with E-state index in [1.165, 1.54) is 28.9 Å². The van der Waals surface area contributed by atoms with Gasteiger partial charge in [0.1, 0.15) is 12.2 Å². The van der Waals surface area contributed by atoms with Crippen LogP contribution in [0.3, 0.4) is 0 Å². The van der Waals surface area contributed by atoms with Crippen LogP contribution in [0, 0.1) is 5.92 Å². The van der Waals surface area contributed by atoms with E-state index in [-0.39, 0.29) is 30.1 Å². The highest BCUT2D eigenvalue weighted by Gasteiger charge is 2.35. The predicted octanol–water partition coefficient (Wildman–Crippen LogP) is 3.69. The number of hydrogen-bond donors (Lipinski definition) is 1. The second-order valence-corrected chi connectivity index (χ2v) is 9.93. The molecule has 0 aliphatic heterocycles. The Morgan fingerprint density at radius 1 is 1.24 bits per heavy atom. The van der Waals surface area contributed by atoms with Gasteiger partial charge in [-0.1, -0.05) is 18.6 Å². The summed E-state index contributed by atoms with van der Waals surface area (Å²) in [6.45, 7) is -0.422. The number of aliphatic carboxylic acids is 1. The van der Waals surface area contributed by atoms with E-state index in [9.17, 15) is 22.8 Å². The molecule has 0 amide bonds. The first kappa shape index (κ1) is 25.7. The van der Waals surface area contributed by atoms with Gasteiger partial charge in [-0.3, -0.25) is 18.7 Å². The molecule has 12 heteroatoms. The molecule has 1 N–H and O–H groups in total. The molecule has 1 aliphatic carbocycles. The van der Waals surface area contributed by atoms with Crippen LogP contribution in [-0.4, -0.2) is 53.3 Å². The number of pyridine rings is 1. The van der Waals surface area contributed by atoms with E-state index in [4.69, 9.17) is 5.11 Å². The highest BCUT2D eigenvalue weighted by molar-refractivity contribution is 5.69. The van der Waals surface area contributed by atoms with Crippen LogP contribution in [-0.2, 0) is 24.6 Å². The van der Waals surface area contributed by atoms with Crippen molar-refractivity contribution in [3.05, 3.63) is 82.1 Å². The van der Waals surface area contributed by atoms with Crippen molar-refractivity contribution in [3.63, 3.8) is 0 Å². The first-order valence-corrected chi connectivity index (χ1v) is 12.2. The smallest absolute Gasteiger partial charge is 0.418 e. The summed E-state index contributed by atoms with van der Waals surface area (Å²) in [5, 5.41) is 17.3. The molecule has 0 bridgehead atoms. The van der Waals surface area contributed by atoms with Crippen molar-refractivity contribution in [2.24, 2.45) is 13.0 Å². The quantitative estimate of drug-likeness (QED) is 0.375. The number of alkyl halides is 3. The second-order valence-electron chi connectivity index (χ2n) is 9.93. The predicted molar refractivity (Wildman–Crippen MR) is 132 cm³/mol. The lowest BCUT2D eigenvalue weighted by atomic mass is 9.72. The number of nitrogens with zero attached hydrogens (tertiary/aromatic N) is 6. The lowest BCUT2D eigenvalue weighted by Crippen LogP contribution is -2.26. The van der Waals surface area contributed by atoms with Crippen LogP contribution in [0.5, 0.6) is 0 Å². The normalized spacial score (nSPS) is 15.2. The molecule has 0 spiro atoms. The minimum atomic E-state index is -4.71. The molecule has 5 rings (SSSR count). The maximum Gasteiger partial charge on any atom is 0.418 e. The Labute approximate surface area is 215 Å². The van der Waals surface area contributed by atoms with Crippen LogP contribution in [0.1, 0.15) is 47.7 Å². The number of hydrogen-bond acceptors (Lipinski definition) is 5. The van der Waals surface area contributed by atoms with Crippen molar-refractivity contribution >= 4 is 11.5 Å². The van der Waals surface area contributed by atoms with Crippen LogP contribution >= 0.6 is 0 Å². The maximum absolute atomic E-state index is 14.0. The lowest BCUT2D eigenvalue weighted by Gasteiger charge is -2.33.